The van der Waals surface area contributed by atoms with Crippen molar-refractivity contribution in [2.45, 2.75) is 40.2 Å². The highest BCUT2D eigenvalue weighted by Gasteiger charge is 2.26. The molecule has 0 unspecified atom stereocenters. The fraction of sp³-hybridized carbons (Fsp3) is 0.280. The largest absolute Gasteiger partial charge is 0.495 e. The van der Waals surface area contributed by atoms with Crippen LogP contribution in [0.2, 0.25) is 5.02 Å². The van der Waals surface area contributed by atoms with Crippen LogP contribution < -0.4 is 15.6 Å². The standard InChI is InChI=1S/C25H26ClN5O3/c1-6-20(24(32)27-19-12-14(2)18(26)13-21(19)34-5)31-25(33)22-16(4)30(17-10-8-7-9-11-17)29-23(22)15(3)28-31/h7-13,20H,6H2,1-5H3,(H,27,32)/t20-/m1/s1. The number of hydrogen-bond donors (Lipinski definition) is 1. The van der Waals surface area contributed by atoms with E-state index in [-0.39, 0.29) is 11.5 Å². The zero-order chi connectivity index (χ0) is 24.6. The summed E-state index contributed by atoms with van der Waals surface area (Å²) >= 11 is 6.19. The lowest BCUT2D eigenvalue weighted by Gasteiger charge is -2.19. The number of rotatable bonds is 6. The first-order valence-corrected chi connectivity index (χ1v) is 11.3. The van der Waals surface area contributed by atoms with Crippen LogP contribution in [0.15, 0.2) is 47.3 Å². The van der Waals surface area contributed by atoms with E-state index in [0.29, 0.717) is 45.2 Å². The van der Waals surface area contributed by atoms with Crippen molar-refractivity contribution in [3.05, 3.63) is 74.8 Å². The Bertz CT molecular complexity index is 1440. The fourth-order valence-corrected chi connectivity index (χ4v) is 4.18. The van der Waals surface area contributed by atoms with E-state index in [1.165, 1.54) is 11.8 Å². The molecule has 0 aliphatic heterocycles. The van der Waals surface area contributed by atoms with Gasteiger partial charge in [-0.05, 0) is 51.0 Å². The maximum absolute atomic E-state index is 13.6. The smallest absolute Gasteiger partial charge is 0.278 e. The molecule has 1 atom stereocenters. The number of ether oxygens (including phenoxy) is 1. The molecule has 1 amide bonds. The van der Waals surface area contributed by atoms with Crippen molar-refractivity contribution in [1.29, 1.82) is 0 Å². The molecule has 2 heterocycles. The van der Waals surface area contributed by atoms with Gasteiger partial charge in [-0.15, -0.1) is 0 Å². The van der Waals surface area contributed by atoms with Crippen LogP contribution in [0.25, 0.3) is 16.6 Å². The van der Waals surface area contributed by atoms with Crippen LogP contribution in [0.5, 0.6) is 5.75 Å². The van der Waals surface area contributed by atoms with E-state index >= 15 is 0 Å². The summed E-state index contributed by atoms with van der Waals surface area (Å²) in [6.07, 6.45) is 0.366. The number of para-hydroxylation sites is 1. The Kier molecular flexibility index (Phi) is 6.43. The second-order valence-corrected chi connectivity index (χ2v) is 8.51. The van der Waals surface area contributed by atoms with Crippen LogP contribution in [-0.2, 0) is 4.79 Å². The zero-order valence-corrected chi connectivity index (χ0v) is 20.5. The molecule has 0 spiro atoms. The number of benzene rings is 2. The Balaban J connectivity index is 1.78. The highest BCUT2D eigenvalue weighted by molar-refractivity contribution is 6.31. The van der Waals surface area contributed by atoms with Gasteiger partial charge in [-0.1, -0.05) is 36.7 Å². The average Bonchev–Trinajstić information content (AvgIpc) is 3.18. The van der Waals surface area contributed by atoms with Gasteiger partial charge >= 0.3 is 0 Å². The Morgan fingerprint density at radius 3 is 2.50 bits per heavy atom. The van der Waals surface area contributed by atoms with Crippen molar-refractivity contribution in [3.8, 4) is 11.4 Å². The first kappa shape index (κ1) is 23.5. The van der Waals surface area contributed by atoms with Gasteiger partial charge < -0.3 is 10.1 Å². The number of fused-ring (bicyclic) bond motifs is 1. The number of hydrogen-bond acceptors (Lipinski definition) is 5. The SMILES string of the molecule is CC[C@H](C(=O)Nc1cc(C)c(Cl)cc1OC)n1nc(C)c2nn(-c3ccccc3)c(C)c2c1=O. The predicted molar refractivity (Wildman–Crippen MR) is 133 cm³/mol. The van der Waals surface area contributed by atoms with E-state index in [0.717, 1.165) is 11.3 Å². The van der Waals surface area contributed by atoms with E-state index in [1.807, 2.05) is 51.1 Å². The lowest BCUT2D eigenvalue weighted by molar-refractivity contribution is -0.119. The molecule has 2 aromatic heterocycles. The molecule has 0 bridgehead atoms. The second kappa shape index (κ2) is 9.30. The molecule has 9 heteroatoms. The van der Waals surface area contributed by atoms with Crippen molar-refractivity contribution in [3.63, 3.8) is 0 Å². The Labute approximate surface area is 202 Å². The minimum atomic E-state index is -0.823. The van der Waals surface area contributed by atoms with Crippen molar-refractivity contribution in [1.82, 2.24) is 19.6 Å². The Morgan fingerprint density at radius 2 is 1.85 bits per heavy atom. The summed E-state index contributed by atoms with van der Waals surface area (Å²) in [5.41, 5.74) is 3.54. The van der Waals surface area contributed by atoms with E-state index in [2.05, 4.69) is 15.5 Å². The Hall–Kier alpha value is -3.65. The maximum Gasteiger partial charge on any atom is 0.278 e. The summed E-state index contributed by atoms with van der Waals surface area (Å²) < 4.78 is 8.35. The van der Waals surface area contributed by atoms with Crippen LogP contribution in [-0.4, -0.2) is 32.6 Å². The van der Waals surface area contributed by atoms with Gasteiger partial charge in [-0.2, -0.15) is 10.2 Å². The number of nitrogens with zero attached hydrogens (tertiary/aromatic N) is 4. The van der Waals surface area contributed by atoms with Gasteiger partial charge in [0, 0.05) is 11.1 Å². The number of aryl methyl sites for hydroxylation is 3. The molecule has 0 radical (unpaired) electrons. The third-order valence-corrected chi connectivity index (χ3v) is 6.27. The topological polar surface area (TPSA) is 91.0 Å². The summed E-state index contributed by atoms with van der Waals surface area (Å²) in [6, 6.07) is 12.1. The minimum Gasteiger partial charge on any atom is -0.495 e. The summed E-state index contributed by atoms with van der Waals surface area (Å²) in [5, 5.41) is 13.0. The lowest BCUT2D eigenvalue weighted by Crippen LogP contribution is -2.35. The average molecular weight is 480 g/mol. The van der Waals surface area contributed by atoms with Crippen molar-refractivity contribution >= 4 is 34.1 Å². The first-order chi connectivity index (χ1) is 16.3. The van der Waals surface area contributed by atoms with Gasteiger partial charge in [0.1, 0.15) is 17.3 Å². The number of methoxy groups -OCH3 is 1. The molecule has 4 rings (SSSR count). The molecule has 4 aromatic rings. The van der Waals surface area contributed by atoms with Crippen molar-refractivity contribution in [2.24, 2.45) is 0 Å². The summed E-state index contributed by atoms with van der Waals surface area (Å²) in [4.78, 5) is 26.8. The molecule has 34 heavy (non-hydrogen) atoms. The molecule has 0 fully saturated rings. The van der Waals surface area contributed by atoms with Crippen LogP contribution in [0.4, 0.5) is 5.69 Å². The van der Waals surface area contributed by atoms with Crippen LogP contribution in [0.1, 0.15) is 36.3 Å². The number of carbonyl (C=O) groups is 1. The first-order valence-electron chi connectivity index (χ1n) is 11.0. The van der Waals surface area contributed by atoms with Gasteiger partial charge in [-0.3, -0.25) is 9.59 Å². The molecular weight excluding hydrogens is 454 g/mol. The minimum absolute atomic E-state index is 0.360. The highest BCUT2D eigenvalue weighted by atomic mass is 35.5. The number of aromatic nitrogens is 4. The molecule has 0 saturated heterocycles. The monoisotopic (exact) mass is 479 g/mol. The summed E-state index contributed by atoms with van der Waals surface area (Å²) in [6.45, 7) is 7.31. The molecule has 8 nitrogen and oxygen atoms in total. The van der Waals surface area contributed by atoms with Crippen LogP contribution in [0, 0.1) is 20.8 Å². The molecule has 0 aliphatic rings. The van der Waals surface area contributed by atoms with Crippen LogP contribution in [0.3, 0.4) is 0 Å². The van der Waals surface area contributed by atoms with E-state index in [1.54, 1.807) is 23.7 Å². The summed E-state index contributed by atoms with van der Waals surface area (Å²) in [7, 11) is 1.50. The van der Waals surface area contributed by atoms with Crippen LogP contribution >= 0.6 is 11.6 Å². The van der Waals surface area contributed by atoms with Gasteiger partial charge in [0.15, 0.2) is 0 Å². The summed E-state index contributed by atoms with van der Waals surface area (Å²) in [5.74, 6) is 0.0645. The molecule has 2 aromatic carbocycles. The zero-order valence-electron chi connectivity index (χ0n) is 19.7. The number of amides is 1. The second-order valence-electron chi connectivity index (χ2n) is 8.11. The molecule has 1 N–H and O–H groups in total. The fourth-order valence-electron chi connectivity index (χ4n) is 4.03. The van der Waals surface area contributed by atoms with Crippen molar-refractivity contribution in [2.75, 3.05) is 12.4 Å². The highest BCUT2D eigenvalue weighted by Crippen LogP contribution is 2.31. The third kappa shape index (κ3) is 4.05. The van der Waals surface area contributed by atoms with Gasteiger partial charge in [0.05, 0.1) is 35.3 Å². The number of halogens is 1. The Morgan fingerprint density at radius 1 is 1.15 bits per heavy atom. The molecule has 176 valence electrons. The number of carbonyl (C=O) groups excluding carboxylic acids is 1. The van der Waals surface area contributed by atoms with Gasteiger partial charge in [0.25, 0.3) is 5.56 Å². The molecule has 0 saturated carbocycles. The molecular formula is C25H26ClN5O3. The normalized spacial score (nSPS) is 12.1. The lowest BCUT2D eigenvalue weighted by atomic mass is 10.1. The van der Waals surface area contributed by atoms with Gasteiger partial charge in [0.2, 0.25) is 5.91 Å². The maximum atomic E-state index is 13.6. The third-order valence-electron chi connectivity index (χ3n) is 5.86. The van der Waals surface area contributed by atoms with E-state index in [4.69, 9.17) is 16.3 Å². The van der Waals surface area contributed by atoms with E-state index < -0.39 is 6.04 Å². The number of nitrogens with one attached hydrogen (secondary N) is 1. The van der Waals surface area contributed by atoms with Crippen molar-refractivity contribution < 1.29 is 9.53 Å². The van der Waals surface area contributed by atoms with E-state index in [9.17, 15) is 9.59 Å². The molecule has 0 aliphatic carbocycles. The number of anilines is 1. The predicted octanol–water partition coefficient (Wildman–Crippen LogP) is 4.76. The van der Waals surface area contributed by atoms with Gasteiger partial charge in [-0.25, -0.2) is 9.36 Å². The quantitative estimate of drug-likeness (QED) is 0.430.